The molecule has 2 unspecified atom stereocenters. The third-order valence-electron chi connectivity index (χ3n) is 2.82. The molecule has 1 aliphatic carbocycles. The molecule has 3 heteroatoms. The maximum atomic E-state index is 4.45. The number of hydrogen-bond acceptors (Lipinski definition) is 1. The van der Waals surface area contributed by atoms with Crippen molar-refractivity contribution in [1.82, 2.24) is 9.55 Å². The van der Waals surface area contributed by atoms with E-state index in [2.05, 4.69) is 38.6 Å². The average Bonchev–Trinajstić information content (AvgIpc) is 2.71. The van der Waals surface area contributed by atoms with Crippen molar-refractivity contribution in [2.75, 3.05) is 0 Å². The SMILES string of the molecule is CCn1ccnc1C1CCC(Br)C1. The molecule has 0 amide bonds. The number of aryl methyl sites for hydroxylation is 1. The summed E-state index contributed by atoms with van der Waals surface area (Å²) < 4.78 is 2.26. The van der Waals surface area contributed by atoms with Crippen molar-refractivity contribution in [3.8, 4) is 0 Å². The van der Waals surface area contributed by atoms with Gasteiger partial charge < -0.3 is 4.57 Å². The minimum atomic E-state index is 0.680. The van der Waals surface area contributed by atoms with Gasteiger partial charge in [0.1, 0.15) is 5.82 Å². The van der Waals surface area contributed by atoms with Gasteiger partial charge in [0.15, 0.2) is 0 Å². The molecule has 0 N–H and O–H groups in total. The minimum Gasteiger partial charge on any atom is -0.335 e. The summed E-state index contributed by atoms with van der Waals surface area (Å²) in [5, 5.41) is 0. The van der Waals surface area contributed by atoms with Crippen LogP contribution >= 0.6 is 15.9 Å². The Morgan fingerprint density at radius 3 is 3.08 bits per heavy atom. The van der Waals surface area contributed by atoms with Gasteiger partial charge in [0, 0.05) is 29.7 Å². The van der Waals surface area contributed by atoms with Crippen molar-refractivity contribution in [2.45, 2.75) is 43.5 Å². The number of nitrogens with zero attached hydrogens (tertiary/aromatic N) is 2. The van der Waals surface area contributed by atoms with E-state index < -0.39 is 0 Å². The summed E-state index contributed by atoms with van der Waals surface area (Å²) in [7, 11) is 0. The lowest BCUT2D eigenvalue weighted by Crippen LogP contribution is -2.05. The zero-order valence-corrected chi connectivity index (χ0v) is 9.50. The number of imidazole rings is 1. The highest BCUT2D eigenvalue weighted by Crippen LogP contribution is 2.37. The monoisotopic (exact) mass is 242 g/mol. The molecule has 0 saturated heterocycles. The lowest BCUT2D eigenvalue weighted by atomic mass is 10.1. The number of aromatic nitrogens is 2. The molecule has 13 heavy (non-hydrogen) atoms. The summed E-state index contributed by atoms with van der Waals surface area (Å²) in [5.74, 6) is 1.96. The topological polar surface area (TPSA) is 17.8 Å². The first-order valence-electron chi connectivity index (χ1n) is 4.96. The summed E-state index contributed by atoms with van der Waals surface area (Å²) in [6.45, 7) is 3.21. The van der Waals surface area contributed by atoms with E-state index in [9.17, 15) is 0 Å². The van der Waals surface area contributed by atoms with E-state index in [0.29, 0.717) is 10.7 Å². The molecule has 72 valence electrons. The van der Waals surface area contributed by atoms with Crippen LogP contribution in [0, 0.1) is 0 Å². The second-order valence-electron chi connectivity index (χ2n) is 3.68. The molecular weight excluding hydrogens is 228 g/mol. The second kappa shape index (κ2) is 3.82. The Hall–Kier alpha value is -0.310. The second-order valence-corrected chi connectivity index (χ2v) is 4.97. The van der Waals surface area contributed by atoms with Gasteiger partial charge in [-0.1, -0.05) is 15.9 Å². The summed E-state index contributed by atoms with van der Waals surface area (Å²) >= 11 is 3.67. The number of hydrogen-bond donors (Lipinski definition) is 0. The van der Waals surface area contributed by atoms with Gasteiger partial charge in [-0.3, -0.25) is 0 Å². The van der Waals surface area contributed by atoms with E-state index in [4.69, 9.17) is 0 Å². The standard InChI is InChI=1S/C10H15BrN2/c1-2-13-6-5-12-10(13)8-3-4-9(11)7-8/h5-6,8-9H,2-4,7H2,1H3. The lowest BCUT2D eigenvalue weighted by Gasteiger charge is -2.10. The fourth-order valence-electron chi connectivity index (χ4n) is 2.11. The molecule has 0 radical (unpaired) electrons. The summed E-state index contributed by atoms with van der Waals surface area (Å²) in [5.41, 5.74) is 0. The molecule has 1 aliphatic rings. The lowest BCUT2D eigenvalue weighted by molar-refractivity contribution is 0.601. The fourth-order valence-corrected chi connectivity index (χ4v) is 2.82. The quantitative estimate of drug-likeness (QED) is 0.730. The predicted octanol–water partition coefficient (Wildman–Crippen LogP) is 2.93. The van der Waals surface area contributed by atoms with E-state index in [1.54, 1.807) is 0 Å². The van der Waals surface area contributed by atoms with Crippen LogP contribution in [-0.2, 0) is 6.54 Å². The Balaban J connectivity index is 2.16. The predicted molar refractivity (Wildman–Crippen MR) is 57.2 cm³/mol. The van der Waals surface area contributed by atoms with Gasteiger partial charge in [-0.2, -0.15) is 0 Å². The Bertz CT molecular complexity index is 282. The highest BCUT2D eigenvalue weighted by molar-refractivity contribution is 9.09. The largest absolute Gasteiger partial charge is 0.335 e. The number of alkyl halides is 1. The molecule has 0 aliphatic heterocycles. The van der Waals surface area contributed by atoms with Gasteiger partial charge in [0.05, 0.1) is 0 Å². The maximum Gasteiger partial charge on any atom is 0.111 e. The van der Waals surface area contributed by atoms with Crippen LogP contribution in [0.15, 0.2) is 12.4 Å². The molecular formula is C10H15BrN2. The zero-order chi connectivity index (χ0) is 9.26. The van der Waals surface area contributed by atoms with Crippen LogP contribution in [0.25, 0.3) is 0 Å². The van der Waals surface area contributed by atoms with Gasteiger partial charge in [-0.25, -0.2) is 4.98 Å². The molecule has 1 fully saturated rings. The Morgan fingerprint density at radius 1 is 1.62 bits per heavy atom. The van der Waals surface area contributed by atoms with Crippen molar-refractivity contribution >= 4 is 15.9 Å². The fraction of sp³-hybridized carbons (Fsp3) is 0.700. The van der Waals surface area contributed by atoms with Gasteiger partial charge in [0.25, 0.3) is 0 Å². The number of halogens is 1. The Morgan fingerprint density at radius 2 is 2.46 bits per heavy atom. The highest BCUT2D eigenvalue weighted by atomic mass is 79.9. The first-order valence-corrected chi connectivity index (χ1v) is 5.88. The van der Waals surface area contributed by atoms with Crippen LogP contribution in [0.5, 0.6) is 0 Å². The first-order chi connectivity index (χ1) is 6.31. The average molecular weight is 243 g/mol. The normalized spacial score (nSPS) is 28.2. The third kappa shape index (κ3) is 1.80. The maximum absolute atomic E-state index is 4.45. The van der Waals surface area contributed by atoms with E-state index in [1.165, 1.54) is 25.1 Å². The third-order valence-corrected chi connectivity index (χ3v) is 3.65. The van der Waals surface area contributed by atoms with E-state index in [0.717, 1.165) is 6.54 Å². The van der Waals surface area contributed by atoms with E-state index in [1.807, 2.05) is 6.20 Å². The van der Waals surface area contributed by atoms with Crippen molar-refractivity contribution in [1.29, 1.82) is 0 Å². The van der Waals surface area contributed by atoms with Crippen molar-refractivity contribution in [3.05, 3.63) is 18.2 Å². The van der Waals surface area contributed by atoms with E-state index in [-0.39, 0.29) is 0 Å². The molecule has 2 rings (SSSR count). The van der Waals surface area contributed by atoms with Gasteiger partial charge in [-0.05, 0) is 26.2 Å². The molecule has 0 spiro atoms. The molecule has 1 aromatic heterocycles. The van der Waals surface area contributed by atoms with Crippen LogP contribution in [0.4, 0.5) is 0 Å². The molecule has 2 nitrogen and oxygen atoms in total. The molecule has 0 bridgehead atoms. The molecule has 1 heterocycles. The summed E-state index contributed by atoms with van der Waals surface area (Å²) in [4.78, 5) is 5.15. The molecule has 0 aromatic carbocycles. The summed E-state index contributed by atoms with van der Waals surface area (Å²) in [6, 6.07) is 0. The minimum absolute atomic E-state index is 0.680. The number of rotatable bonds is 2. The van der Waals surface area contributed by atoms with Crippen LogP contribution < -0.4 is 0 Å². The van der Waals surface area contributed by atoms with Crippen molar-refractivity contribution in [3.63, 3.8) is 0 Å². The summed E-state index contributed by atoms with van der Waals surface area (Å²) in [6.07, 6.45) is 7.82. The molecule has 2 atom stereocenters. The van der Waals surface area contributed by atoms with Gasteiger partial charge in [0.2, 0.25) is 0 Å². The first kappa shape index (κ1) is 9.25. The zero-order valence-electron chi connectivity index (χ0n) is 7.91. The van der Waals surface area contributed by atoms with Crippen LogP contribution in [-0.4, -0.2) is 14.4 Å². The molecule has 1 saturated carbocycles. The van der Waals surface area contributed by atoms with Crippen LogP contribution in [0.2, 0.25) is 0 Å². The Labute approximate surface area is 87.5 Å². The Kier molecular flexibility index (Phi) is 2.72. The highest BCUT2D eigenvalue weighted by Gasteiger charge is 2.26. The van der Waals surface area contributed by atoms with Gasteiger partial charge in [-0.15, -0.1) is 0 Å². The van der Waals surface area contributed by atoms with E-state index >= 15 is 0 Å². The molecule has 1 aromatic rings. The van der Waals surface area contributed by atoms with Crippen LogP contribution in [0.1, 0.15) is 37.9 Å². The van der Waals surface area contributed by atoms with Crippen molar-refractivity contribution in [2.24, 2.45) is 0 Å². The van der Waals surface area contributed by atoms with Crippen molar-refractivity contribution < 1.29 is 0 Å². The van der Waals surface area contributed by atoms with Gasteiger partial charge >= 0.3 is 0 Å². The van der Waals surface area contributed by atoms with Crippen LogP contribution in [0.3, 0.4) is 0 Å². The smallest absolute Gasteiger partial charge is 0.111 e.